The molecule has 0 fully saturated rings. The molecule has 2 atom stereocenters. The predicted octanol–water partition coefficient (Wildman–Crippen LogP) is 3.01. The molecule has 0 aliphatic heterocycles. The third-order valence-corrected chi connectivity index (χ3v) is 3.62. The molecule has 0 aromatic heterocycles. The number of halogens is 2. The Hall–Kier alpha value is -1.98. The van der Waals surface area contributed by atoms with Gasteiger partial charge in [-0.25, -0.2) is 8.78 Å². The van der Waals surface area contributed by atoms with Gasteiger partial charge in [0.25, 0.3) is 5.91 Å². The fourth-order valence-electron chi connectivity index (χ4n) is 2.05. The van der Waals surface area contributed by atoms with Crippen molar-refractivity contribution in [3.63, 3.8) is 0 Å². The molecule has 0 saturated carbocycles. The van der Waals surface area contributed by atoms with Gasteiger partial charge in [0.15, 0.2) is 11.6 Å². The van der Waals surface area contributed by atoms with Gasteiger partial charge in [-0.05, 0) is 31.5 Å². The van der Waals surface area contributed by atoms with E-state index in [0.717, 1.165) is 12.1 Å². The number of ether oxygens (including phenoxy) is 1. The average molecular weight is 313 g/mol. The first-order valence-electron chi connectivity index (χ1n) is 7.15. The topological polar surface area (TPSA) is 46.6 Å². The van der Waals surface area contributed by atoms with E-state index in [4.69, 9.17) is 0 Å². The van der Waals surface area contributed by atoms with E-state index < -0.39 is 29.4 Å². The molecule has 22 heavy (non-hydrogen) atoms. The van der Waals surface area contributed by atoms with E-state index in [-0.39, 0.29) is 18.2 Å². The Morgan fingerprint density at radius 1 is 1.23 bits per heavy atom. The van der Waals surface area contributed by atoms with Crippen LogP contribution in [0.3, 0.4) is 0 Å². The lowest BCUT2D eigenvalue weighted by atomic mass is 10.1. The van der Waals surface area contributed by atoms with Gasteiger partial charge in [0.1, 0.15) is 0 Å². The lowest BCUT2D eigenvalue weighted by molar-refractivity contribution is -0.145. The molecule has 0 radical (unpaired) electrons. The summed E-state index contributed by atoms with van der Waals surface area (Å²) in [4.78, 5) is 25.6. The van der Waals surface area contributed by atoms with Crippen LogP contribution in [0, 0.1) is 17.6 Å². The van der Waals surface area contributed by atoms with Crippen LogP contribution in [0.15, 0.2) is 18.2 Å². The molecule has 1 aromatic carbocycles. The van der Waals surface area contributed by atoms with Gasteiger partial charge < -0.3 is 9.64 Å². The van der Waals surface area contributed by atoms with Crippen molar-refractivity contribution in [3.8, 4) is 0 Å². The molecule has 6 heteroatoms. The number of esters is 1. The van der Waals surface area contributed by atoms with Gasteiger partial charge in [-0.1, -0.05) is 13.8 Å². The summed E-state index contributed by atoms with van der Waals surface area (Å²) in [5.41, 5.74) is 0.0521. The summed E-state index contributed by atoms with van der Waals surface area (Å²) >= 11 is 0. The van der Waals surface area contributed by atoms with Gasteiger partial charge in [0, 0.05) is 18.2 Å². The van der Waals surface area contributed by atoms with Gasteiger partial charge in [-0.2, -0.15) is 0 Å². The Morgan fingerprint density at radius 3 is 2.36 bits per heavy atom. The molecule has 0 N–H and O–H groups in total. The van der Waals surface area contributed by atoms with E-state index in [2.05, 4.69) is 4.74 Å². The number of amides is 1. The summed E-state index contributed by atoms with van der Waals surface area (Å²) in [6, 6.07) is 2.88. The summed E-state index contributed by atoms with van der Waals surface area (Å²) in [5, 5.41) is 0. The molecular formula is C16H21F2NO3. The van der Waals surface area contributed by atoms with Crippen LogP contribution in [0.2, 0.25) is 0 Å². The second kappa shape index (κ2) is 7.87. The molecule has 0 aliphatic carbocycles. The molecule has 122 valence electrons. The maximum absolute atomic E-state index is 13.3. The van der Waals surface area contributed by atoms with Gasteiger partial charge in [0.05, 0.1) is 13.0 Å². The van der Waals surface area contributed by atoms with Crippen LogP contribution in [0.1, 0.15) is 37.6 Å². The molecule has 1 aromatic rings. The first-order chi connectivity index (χ1) is 10.3. The third-order valence-electron chi connectivity index (χ3n) is 3.62. The summed E-state index contributed by atoms with van der Waals surface area (Å²) in [6.07, 6.45) is 0.670. The van der Waals surface area contributed by atoms with Crippen molar-refractivity contribution in [1.82, 2.24) is 4.90 Å². The van der Waals surface area contributed by atoms with Crippen LogP contribution in [0.4, 0.5) is 8.78 Å². The van der Waals surface area contributed by atoms with Gasteiger partial charge in [-0.3, -0.25) is 9.59 Å². The van der Waals surface area contributed by atoms with Crippen LogP contribution >= 0.6 is 0 Å². The van der Waals surface area contributed by atoms with Crippen molar-refractivity contribution in [2.75, 3.05) is 13.7 Å². The number of benzene rings is 1. The van der Waals surface area contributed by atoms with E-state index in [1.54, 1.807) is 6.92 Å². The summed E-state index contributed by atoms with van der Waals surface area (Å²) in [5.74, 6) is -3.45. The van der Waals surface area contributed by atoms with Crippen LogP contribution in [-0.4, -0.2) is 36.5 Å². The number of rotatable bonds is 6. The normalized spacial score (nSPS) is 13.4. The first kappa shape index (κ1) is 18.1. The second-order valence-corrected chi connectivity index (χ2v) is 5.27. The highest BCUT2D eigenvalue weighted by Gasteiger charge is 2.26. The Kier molecular flexibility index (Phi) is 6.46. The molecule has 0 bridgehead atoms. The van der Waals surface area contributed by atoms with Crippen molar-refractivity contribution in [1.29, 1.82) is 0 Å². The number of nitrogens with zero attached hydrogens (tertiary/aromatic N) is 1. The second-order valence-electron chi connectivity index (χ2n) is 5.27. The zero-order valence-corrected chi connectivity index (χ0v) is 13.2. The number of hydrogen-bond donors (Lipinski definition) is 0. The summed E-state index contributed by atoms with van der Waals surface area (Å²) in [6.45, 7) is 5.54. The van der Waals surface area contributed by atoms with E-state index >= 15 is 0 Å². The number of methoxy groups -OCH3 is 1. The molecular weight excluding hydrogens is 292 g/mol. The fraction of sp³-hybridized carbons (Fsp3) is 0.500. The largest absolute Gasteiger partial charge is 0.469 e. The van der Waals surface area contributed by atoms with Crippen molar-refractivity contribution in [3.05, 3.63) is 35.4 Å². The molecule has 1 rings (SSSR count). The minimum atomic E-state index is -1.07. The molecule has 0 spiro atoms. The van der Waals surface area contributed by atoms with Crippen LogP contribution in [0.25, 0.3) is 0 Å². The van der Waals surface area contributed by atoms with E-state index in [9.17, 15) is 18.4 Å². The Bertz CT molecular complexity index is 548. The Labute approximate surface area is 129 Å². The summed E-state index contributed by atoms with van der Waals surface area (Å²) in [7, 11) is 1.28. The highest BCUT2D eigenvalue weighted by atomic mass is 19.2. The van der Waals surface area contributed by atoms with Gasteiger partial charge >= 0.3 is 5.97 Å². The Morgan fingerprint density at radius 2 is 1.86 bits per heavy atom. The van der Waals surface area contributed by atoms with Crippen molar-refractivity contribution >= 4 is 11.9 Å². The van der Waals surface area contributed by atoms with Crippen LogP contribution < -0.4 is 0 Å². The molecule has 2 unspecified atom stereocenters. The first-order valence-corrected chi connectivity index (χ1v) is 7.15. The maximum Gasteiger partial charge on any atom is 0.310 e. The quantitative estimate of drug-likeness (QED) is 0.759. The van der Waals surface area contributed by atoms with E-state index in [1.165, 1.54) is 18.1 Å². The minimum Gasteiger partial charge on any atom is -0.469 e. The van der Waals surface area contributed by atoms with Crippen LogP contribution in [-0.2, 0) is 9.53 Å². The lowest BCUT2D eigenvalue weighted by Crippen LogP contribution is -2.42. The number of carbonyl (C=O) groups is 2. The molecule has 0 saturated heterocycles. The fourth-order valence-corrected chi connectivity index (χ4v) is 2.05. The third kappa shape index (κ3) is 4.26. The maximum atomic E-state index is 13.3. The average Bonchev–Trinajstić information content (AvgIpc) is 2.52. The van der Waals surface area contributed by atoms with Crippen molar-refractivity contribution in [2.24, 2.45) is 5.92 Å². The highest BCUT2D eigenvalue weighted by molar-refractivity contribution is 5.94. The number of hydrogen-bond acceptors (Lipinski definition) is 3. The molecule has 0 aliphatic rings. The Balaban J connectivity index is 3.02. The molecule has 1 amide bonds. The number of carbonyl (C=O) groups excluding carboxylic acids is 2. The smallest absolute Gasteiger partial charge is 0.310 e. The predicted molar refractivity (Wildman–Crippen MR) is 78.3 cm³/mol. The van der Waals surface area contributed by atoms with Gasteiger partial charge in [0.2, 0.25) is 0 Å². The summed E-state index contributed by atoms with van der Waals surface area (Å²) < 4.78 is 31.0. The van der Waals surface area contributed by atoms with Crippen molar-refractivity contribution < 1.29 is 23.1 Å². The highest BCUT2D eigenvalue weighted by Crippen LogP contribution is 2.16. The van der Waals surface area contributed by atoms with Crippen LogP contribution in [0.5, 0.6) is 0 Å². The SMILES string of the molecule is CCC(C)N(CC(C)C(=O)OC)C(=O)c1ccc(F)c(F)c1. The van der Waals surface area contributed by atoms with E-state index in [0.29, 0.717) is 6.42 Å². The van der Waals surface area contributed by atoms with E-state index in [1.807, 2.05) is 13.8 Å². The zero-order valence-electron chi connectivity index (χ0n) is 13.2. The molecule has 0 heterocycles. The lowest BCUT2D eigenvalue weighted by Gasteiger charge is -2.30. The minimum absolute atomic E-state index is 0.0521. The monoisotopic (exact) mass is 313 g/mol. The molecule has 4 nitrogen and oxygen atoms in total. The zero-order chi connectivity index (χ0) is 16.9. The van der Waals surface area contributed by atoms with Crippen molar-refractivity contribution in [2.45, 2.75) is 33.2 Å². The standard InChI is InChI=1S/C16H21F2NO3/c1-5-11(3)19(9-10(2)16(21)22-4)15(20)12-6-7-13(17)14(18)8-12/h6-8,10-11H,5,9H2,1-4H3. The van der Waals surface area contributed by atoms with Gasteiger partial charge in [-0.15, -0.1) is 0 Å².